The lowest BCUT2D eigenvalue weighted by Gasteiger charge is -2.31. The summed E-state index contributed by atoms with van der Waals surface area (Å²) in [5.74, 6) is -1.07. The highest BCUT2D eigenvalue weighted by Crippen LogP contribution is 2.20. The van der Waals surface area contributed by atoms with Crippen LogP contribution in [0.3, 0.4) is 0 Å². The third-order valence-corrected chi connectivity index (χ3v) is 3.73. The van der Waals surface area contributed by atoms with E-state index in [4.69, 9.17) is 9.84 Å². The number of ether oxygens (including phenoxy) is 1. The third kappa shape index (κ3) is 4.29. The van der Waals surface area contributed by atoms with Gasteiger partial charge >= 0.3 is 11.9 Å². The Hall–Kier alpha value is -1.88. The van der Waals surface area contributed by atoms with Crippen LogP contribution < -0.4 is 0 Å². The standard InChI is InChI=1S/C16H21NO4/c1-2-21-16(20)14-4-3-9-17(11-14)10-12-5-7-13(8-6-12)15(18)19/h5-8,14H,2-4,9-11H2,1H3,(H,18,19). The number of benzene rings is 1. The lowest BCUT2D eigenvalue weighted by Crippen LogP contribution is -2.38. The molecular weight excluding hydrogens is 270 g/mol. The van der Waals surface area contributed by atoms with Crippen LogP contribution >= 0.6 is 0 Å². The first-order valence-electron chi connectivity index (χ1n) is 7.31. The van der Waals surface area contributed by atoms with Crippen LogP contribution in [0.4, 0.5) is 0 Å². The van der Waals surface area contributed by atoms with Crippen LogP contribution in [-0.4, -0.2) is 41.6 Å². The van der Waals surface area contributed by atoms with Gasteiger partial charge < -0.3 is 9.84 Å². The van der Waals surface area contributed by atoms with Gasteiger partial charge in [-0.25, -0.2) is 4.79 Å². The number of rotatable bonds is 5. The Kier molecular flexibility index (Phi) is 5.33. The van der Waals surface area contributed by atoms with Gasteiger partial charge in [-0.15, -0.1) is 0 Å². The van der Waals surface area contributed by atoms with Crippen LogP contribution in [-0.2, 0) is 16.1 Å². The van der Waals surface area contributed by atoms with Gasteiger partial charge in [0.25, 0.3) is 0 Å². The number of piperidine rings is 1. The number of hydrogen-bond acceptors (Lipinski definition) is 4. The summed E-state index contributed by atoms with van der Waals surface area (Å²) in [6.45, 7) is 4.64. The van der Waals surface area contributed by atoms with Gasteiger partial charge in [0.1, 0.15) is 0 Å². The summed E-state index contributed by atoms with van der Waals surface area (Å²) in [5, 5.41) is 8.88. The molecule has 1 heterocycles. The van der Waals surface area contributed by atoms with Gasteiger partial charge in [0.15, 0.2) is 0 Å². The molecule has 1 saturated heterocycles. The first kappa shape index (κ1) is 15.5. The number of nitrogens with zero attached hydrogens (tertiary/aromatic N) is 1. The summed E-state index contributed by atoms with van der Waals surface area (Å²) in [6.07, 6.45) is 1.87. The van der Waals surface area contributed by atoms with Crippen molar-refractivity contribution in [2.45, 2.75) is 26.3 Å². The van der Waals surface area contributed by atoms with E-state index < -0.39 is 5.97 Å². The summed E-state index contributed by atoms with van der Waals surface area (Å²) >= 11 is 0. The Morgan fingerprint density at radius 2 is 2.05 bits per heavy atom. The topological polar surface area (TPSA) is 66.8 Å². The van der Waals surface area contributed by atoms with Crippen molar-refractivity contribution in [1.82, 2.24) is 4.90 Å². The van der Waals surface area contributed by atoms with Crippen LogP contribution in [0.15, 0.2) is 24.3 Å². The predicted octanol–water partition coefficient (Wildman–Crippen LogP) is 2.16. The molecule has 0 saturated carbocycles. The highest BCUT2D eigenvalue weighted by molar-refractivity contribution is 5.87. The monoisotopic (exact) mass is 291 g/mol. The average Bonchev–Trinajstić information content (AvgIpc) is 2.48. The molecule has 1 fully saturated rings. The number of carbonyl (C=O) groups is 2. The number of likely N-dealkylation sites (tertiary alicyclic amines) is 1. The molecule has 5 heteroatoms. The normalized spacial score (nSPS) is 19.2. The van der Waals surface area contributed by atoms with Crippen molar-refractivity contribution in [3.8, 4) is 0 Å². The van der Waals surface area contributed by atoms with Gasteiger partial charge in [-0.3, -0.25) is 9.69 Å². The van der Waals surface area contributed by atoms with Gasteiger partial charge in [0.05, 0.1) is 18.1 Å². The minimum absolute atomic E-state index is 0.0445. The molecule has 5 nitrogen and oxygen atoms in total. The lowest BCUT2D eigenvalue weighted by molar-refractivity contribution is -0.150. The number of aromatic carboxylic acids is 1. The molecule has 0 bridgehead atoms. The van der Waals surface area contributed by atoms with Gasteiger partial charge in [-0.1, -0.05) is 12.1 Å². The summed E-state index contributed by atoms with van der Waals surface area (Å²) in [5.41, 5.74) is 1.35. The van der Waals surface area contributed by atoms with Gasteiger partial charge in [-0.2, -0.15) is 0 Å². The van der Waals surface area contributed by atoms with Gasteiger partial charge in [0, 0.05) is 13.1 Å². The van der Waals surface area contributed by atoms with Crippen LogP contribution in [0.25, 0.3) is 0 Å². The number of hydrogen-bond donors (Lipinski definition) is 1. The minimum atomic E-state index is -0.915. The van der Waals surface area contributed by atoms with Crippen molar-refractivity contribution in [1.29, 1.82) is 0 Å². The van der Waals surface area contributed by atoms with E-state index in [9.17, 15) is 9.59 Å². The van der Waals surface area contributed by atoms with Gasteiger partial charge in [-0.05, 0) is 44.0 Å². The SMILES string of the molecule is CCOC(=O)C1CCCN(Cc2ccc(C(=O)O)cc2)C1. The Morgan fingerprint density at radius 1 is 1.33 bits per heavy atom. The van der Waals surface area contributed by atoms with E-state index in [1.165, 1.54) is 0 Å². The maximum absolute atomic E-state index is 11.8. The van der Waals surface area contributed by atoms with Crippen LogP contribution in [0.1, 0.15) is 35.7 Å². The van der Waals surface area contributed by atoms with E-state index in [1.54, 1.807) is 12.1 Å². The predicted molar refractivity (Wildman–Crippen MR) is 78.0 cm³/mol. The molecule has 0 radical (unpaired) electrons. The summed E-state index contributed by atoms with van der Waals surface area (Å²) in [4.78, 5) is 24.8. The first-order chi connectivity index (χ1) is 10.1. The summed E-state index contributed by atoms with van der Waals surface area (Å²) in [6, 6.07) is 6.89. The third-order valence-electron chi connectivity index (χ3n) is 3.73. The molecule has 1 N–H and O–H groups in total. The fourth-order valence-electron chi connectivity index (χ4n) is 2.66. The number of carbonyl (C=O) groups excluding carboxylic acids is 1. The van der Waals surface area contributed by atoms with Crippen molar-refractivity contribution in [2.24, 2.45) is 5.92 Å². The summed E-state index contributed by atoms with van der Waals surface area (Å²) < 4.78 is 5.09. The molecule has 1 aliphatic heterocycles. The fraction of sp³-hybridized carbons (Fsp3) is 0.500. The van der Waals surface area contributed by atoms with E-state index in [0.717, 1.165) is 31.5 Å². The van der Waals surface area contributed by atoms with Crippen LogP contribution in [0.2, 0.25) is 0 Å². The molecule has 1 aliphatic rings. The molecule has 1 unspecified atom stereocenters. The molecule has 1 aromatic rings. The van der Waals surface area contributed by atoms with Crippen LogP contribution in [0, 0.1) is 5.92 Å². The van der Waals surface area contributed by atoms with Crippen molar-refractivity contribution < 1.29 is 19.4 Å². The average molecular weight is 291 g/mol. The molecular formula is C16H21NO4. The van der Waals surface area contributed by atoms with E-state index >= 15 is 0 Å². The molecule has 1 aromatic carbocycles. The fourth-order valence-corrected chi connectivity index (χ4v) is 2.66. The van der Waals surface area contributed by atoms with Gasteiger partial charge in [0.2, 0.25) is 0 Å². The maximum Gasteiger partial charge on any atom is 0.335 e. The molecule has 0 amide bonds. The molecule has 114 valence electrons. The highest BCUT2D eigenvalue weighted by atomic mass is 16.5. The van der Waals surface area contributed by atoms with Crippen molar-refractivity contribution >= 4 is 11.9 Å². The second-order valence-corrected chi connectivity index (χ2v) is 5.33. The molecule has 2 rings (SSSR count). The quantitative estimate of drug-likeness (QED) is 0.842. The zero-order valence-electron chi connectivity index (χ0n) is 12.2. The molecule has 0 aromatic heterocycles. The molecule has 21 heavy (non-hydrogen) atoms. The maximum atomic E-state index is 11.8. The van der Waals surface area contributed by atoms with E-state index in [0.29, 0.717) is 18.7 Å². The molecule has 0 aliphatic carbocycles. The zero-order chi connectivity index (χ0) is 15.2. The van der Waals surface area contributed by atoms with Crippen molar-refractivity contribution in [3.05, 3.63) is 35.4 Å². The molecule has 1 atom stereocenters. The smallest absolute Gasteiger partial charge is 0.335 e. The largest absolute Gasteiger partial charge is 0.478 e. The number of carboxylic acids is 1. The van der Waals surface area contributed by atoms with E-state index in [-0.39, 0.29) is 11.9 Å². The summed E-state index contributed by atoms with van der Waals surface area (Å²) in [7, 11) is 0. The number of carboxylic acid groups (broad SMARTS) is 1. The number of esters is 1. The highest BCUT2D eigenvalue weighted by Gasteiger charge is 2.26. The Bertz CT molecular complexity index is 498. The van der Waals surface area contributed by atoms with E-state index in [2.05, 4.69) is 4.90 Å². The Morgan fingerprint density at radius 3 is 2.67 bits per heavy atom. The van der Waals surface area contributed by atoms with Crippen molar-refractivity contribution in [2.75, 3.05) is 19.7 Å². The minimum Gasteiger partial charge on any atom is -0.478 e. The Labute approximate surface area is 124 Å². The molecule has 0 spiro atoms. The second kappa shape index (κ2) is 7.22. The van der Waals surface area contributed by atoms with E-state index in [1.807, 2.05) is 19.1 Å². The van der Waals surface area contributed by atoms with Crippen LogP contribution in [0.5, 0.6) is 0 Å². The zero-order valence-corrected chi connectivity index (χ0v) is 12.2. The Balaban J connectivity index is 1.93. The lowest BCUT2D eigenvalue weighted by atomic mass is 9.97. The first-order valence-corrected chi connectivity index (χ1v) is 7.31. The van der Waals surface area contributed by atoms with Crippen molar-refractivity contribution in [3.63, 3.8) is 0 Å². The second-order valence-electron chi connectivity index (χ2n) is 5.33.